The van der Waals surface area contributed by atoms with Crippen LogP contribution in [0.3, 0.4) is 0 Å². The van der Waals surface area contributed by atoms with E-state index in [1.54, 1.807) is 0 Å². The fraction of sp³-hybridized carbons (Fsp3) is 0.240. The van der Waals surface area contributed by atoms with Gasteiger partial charge in [-0.05, 0) is 52.7 Å². The van der Waals surface area contributed by atoms with E-state index in [-0.39, 0.29) is 0 Å². The summed E-state index contributed by atoms with van der Waals surface area (Å²) in [6.07, 6.45) is 2.76. The maximum atomic E-state index is 7.46. The van der Waals surface area contributed by atoms with Gasteiger partial charge in [-0.25, -0.2) is 9.41 Å². The molecule has 0 fully saturated rings. The van der Waals surface area contributed by atoms with E-state index in [1.807, 2.05) is 25.5 Å². The third kappa shape index (κ3) is 2.51. The highest BCUT2D eigenvalue weighted by atomic mass is 16.5. The molecule has 4 heteroatoms. The Labute approximate surface area is 170 Å². The molecule has 0 bridgehead atoms. The van der Waals surface area contributed by atoms with Gasteiger partial charge in [0.25, 0.3) is 6.33 Å². The minimum absolute atomic E-state index is 0.496. The highest BCUT2D eigenvalue weighted by Crippen LogP contribution is 2.51. The number of aromatic nitrogens is 2. The average molecular weight is 380 g/mol. The second-order valence-corrected chi connectivity index (χ2v) is 8.21. The summed E-state index contributed by atoms with van der Waals surface area (Å²) in [5, 5.41) is 3.48. The first-order chi connectivity index (χ1) is 14.0. The van der Waals surface area contributed by atoms with Crippen molar-refractivity contribution in [3.05, 3.63) is 65.3 Å². The Morgan fingerprint density at radius 1 is 1.17 bits per heavy atom. The molecule has 0 spiro atoms. The van der Waals surface area contributed by atoms with Gasteiger partial charge in [0.1, 0.15) is 16.9 Å². The zero-order chi connectivity index (χ0) is 20.3. The van der Waals surface area contributed by atoms with Crippen LogP contribution in [0.25, 0.3) is 37.8 Å². The molecule has 0 radical (unpaired) electrons. The second-order valence-electron chi connectivity index (χ2n) is 8.21. The Kier molecular flexibility index (Phi) is 3.82. The molecule has 29 heavy (non-hydrogen) atoms. The minimum atomic E-state index is 0.496. The molecule has 1 aromatic heterocycles. The van der Waals surface area contributed by atoms with Crippen LogP contribution in [-0.2, 0) is 13.5 Å². The van der Waals surface area contributed by atoms with Crippen molar-refractivity contribution in [2.45, 2.75) is 27.2 Å². The van der Waals surface area contributed by atoms with E-state index >= 15 is 0 Å². The molecule has 4 aromatic rings. The molecule has 2 heterocycles. The quantitative estimate of drug-likeness (QED) is 0.276. The standard InChI is InChI=1S/C25H22N3O/c1-14(2)10-19-18-9-7-6-8-17(18)15(3)22-24-23-20(27-13-28(24)5)11-16(26-4)12-21(23)29-25(19)22/h6-9,11-14H,10H2,1-3,5H3/q+1. The molecule has 0 atom stereocenters. The van der Waals surface area contributed by atoms with E-state index in [2.05, 4.69) is 59.4 Å². The molecule has 0 unspecified atom stereocenters. The number of fused-ring (bicyclic) bond motifs is 3. The van der Waals surface area contributed by atoms with Crippen molar-refractivity contribution in [3.8, 4) is 22.8 Å². The molecule has 5 rings (SSSR count). The lowest BCUT2D eigenvalue weighted by Gasteiger charge is -2.26. The second kappa shape index (κ2) is 6.28. The molecule has 0 saturated carbocycles. The van der Waals surface area contributed by atoms with Gasteiger partial charge in [0, 0.05) is 5.56 Å². The summed E-state index contributed by atoms with van der Waals surface area (Å²) < 4.78 is 8.65. The third-order valence-corrected chi connectivity index (χ3v) is 5.75. The molecule has 0 N–H and O–H groups in total. The van der Waals surface area contributed by atoms with Gasteiger partial charge in [-0.2, -0.15) is 0 Å². The molecule has 0 aliphatic carbocycles. The van der Waals surface area contributed by atoms with Crippen molar-refractivity contribution in [1.82, 2.24) is 4.98 Å². The fourth-order valence-electron chi connectivity index (χ4n) is 4.53. The number of hydrogen-bond donors (Lipinski definition) is 0. The lowest BCUT2D eigenvalue weighted by molar-refractivity contribution is -0.662. The van der Waals surface area contributed by atoms with Crippen molar-refractivity contribution in [2.24, 2.45) is 13.0 Å². The van der Waals surface area contributed by atoms with Crippen molar-refractivity contribution in [2.75, 3.05) is 0 Å². The monoisotopic (exact) mass is 380 g/mol. The van der Waals surface area contributed by atoms with Crippen molar-refractivity contribution >= 4 is 27.4 Å². The maximum absolute atomic E-state index is 7.46. The van der Waals surface area contributed by atoms with E-state index in [4.69, 9.17) is 11.3 Å². The number of aryl methyl sites for hydroxylation is 2. The van der Waals surface area contributed by atoms with Gasteiger partial charge in [-0.3, -0.25) is 0 Å². The van der Waals surface area contributed by atoms with Gasteiger partial charge in [0.2, 0.25) is 0 Å². The van der Waals surface area contributed by atoms with Crippen LogP contribution in [0.2, 0.25) is 0 Å². The summed E-state index contributed by atoms with van der Waals surface area (Å²) in [7, 11) is 2.03. The highest BCUT2D eigenvalue weighted by molar-refractivity contribution is 6.06. The smallest absolute Gasteiger partial charge is 0.287 e. The first kappa shape index (κ1) is 17.6. The average Bonchev–Trinajstić information content (AvgIpc) is 2.72. The molecule has 1 aliphatic rings. The molecule has 3 aromatic carbocycles. The van der Waals surface area contributed by atoms with Gasteiger partial charge in [-0.15, -0.1) is 0 Å². The normalized spacial score (nSPS) is 12.1. The van der Waals surface area contributed by atoms with Crippen molar-refractivity contribution in [1.29, 1.82) is 0 Å². The lowest BCUT2D eigenvalue weighted by atomic mass is 9.86. The number of rotatable bonds is 2. The summed E-state index contributed by atoms with van der Waals surface area (Å²) in [5.74, 6) is 2.14. The first-order valence-electron chi connectivity index (χ1n) is 9.91. The Morgan fingerprint density at radius 3 is 2.66 bits per heavy atom. The molecular weight excluding hydrogens is 358 g/mol. The number of nitrogens with zero attached hydrogens (tertiary/aromatic N) is 3. The molecule has 1 aliphatic heterocycles. The van der Waals surface area contributed by atoms with Crippen LogP contribution in [0.5, 0.6) is 11.5 Å². The van der Waals surface area contributed by atoms with Gasteiger partial charge in [0.15, 0.2) is 16.9 Å². The SMILES string of the molecule is [C-]#[N+]c1cc2c3c([n+](C)cnc3c1)-c1c(c(CC(C)C)c3ccccc3c1C)O2. The van der Waals surface area contributed by atoms with Gasteiger partial charge in [-0.1, -0.05) is 38.1 Å². The molecule has 4 nitrogen and oxygen atoms in total. The van der Waals surface area contributed by atoms with Crippen molar-refractivity contribution in [3.63, 3.8) is 0 Å². The summed E-state index contributed by atoms with van der Waals surface area (Å²) >= 11 is 0. The van der Waals surface area contributed by atoms with Crippen LogP contribution in [0, 0.1) is 19.4 Å². The molecule has 0 saturated heterocycles. The Bertz CT molecular complexity index is 1360. The van der Waals surface area contributed by atoms with E-state index in [9.17, 15) is 0 Å². The van der Waals surface area contributed by atoms with E-state index in [1.165, 1.54) is 21.9 Å². The number of hydrogen-bond acceptors (Lipinski definition) is 2. The number of benzene rings is 3. The summed E-state index contributed by atoms with van der Waals surface area (Å²) in [6.45, 7) is 14.1. The van der Waals surface area contributed by atoms with E-state index in [0.29, 0.717) is 11.6 Å². The minimum Gasteiger partial charge on any atom is -0.457 e. The van der Waals surface area contributed by atoms with Gasteiger partial charge >= 0.3 is 0 Å². The van der Waals surface area contributed by atoms with Crippen LogP contribution in [0.15, 0.2) is 42.7 Å². The van der Waals surface area contributed by atoms with Crippen LogP contribution in [0.4, 0.5) is 5.69 Å². The van der Waals surface area contributed by atoms with Crippen LogP contribution in [-0.4, -0.2) is 4.98 Å². The zero-order valence-electron chi connectivity index (χ0n) is 17.1. The Morgan fingerprint density at radius 2 is 1.93 bits per heavy atom. The first-order valence-corrected chi connectivity index (χ1v) is 9.91. The van der Waals surface area contributed by atoms with Crippen LogP contribution < -0.4 is 9.30 Å². The van der Waals surface area contributed by atoms with Crippen molar-refractivity contribution < 1.29 is 9.30 Å². The molecule has 142 valence electrons. The summed E-state index contributed by atoms with van der Waals surface area (Å²) in [4.78, 5) is 8.19. The third-order valence-electron chi connectivity index (χ3n) is 5.75. The Hall–Kier alpha value is -3.45. The molecular formula is C25H22N3O+. The van der Waals surface area contributed by atoms with Crippen LogP contribution >= 0.6 is 0 Å². The fourth-order valence-corrected chi connectivity index (χ4v) is 4.53. The van der Waals surface area contributed by atoms with E-state index < -0.39 is 0 Å². The maximum Gasteiger partial charge on any atom is 0.287 e. The van der Waals surface area contributed by atoms with Gasteiger partial charge < -0.3 is 4.74 Å². The zero-order valence-corrected chi connectivity index (χ0v) is 17.1. The Balaban J connectivity index is 1.99. The van der Waals surface area contributed by atoms with Gasteiger partial charge in [0.05, 0.1) is 19.2 Å². The molecule has 0 amide bonds. The number of ether oxygens (including phenoxy) is 1. The summed E-state index contributed by atoms with van der Waals surface area (Å²) in [6, 6.07) is 12.3. The summed E-state index contributed by atoms with van der Waals surface area (Å²) in [5.41, 5.74) is 6.04. The van der Waals surface area contributed by atoms with E-state index in [0.717, 1.165) is 40.1 Å². The largest absolute Gasteiger partial charge is 0.457 e. The predicted molar refractivity (Wildman–Crippen MR) is 115 cm³/mol. The highest BCUT2D eigenvalue weighted by Gasteiger charge is 2.32. The lowest BCUT2D eigenvalue weighted by Crippen LogP contribution is -2.33. The van der Waals surface area contributed by atoms with Crippen LogP contribution in [0.1, 0.15) is 25.0 Å². The topological polar surface area (TPSA) is 30.4 Å². The predicted octanol–water partition coefficient (Wildman–Crippen LogP) is 6.04.